The fourth-order valence-electron chi connectivity index (χ4n) is 3.66. The van der Waals surface area contributed by atoms with Crippen molar-refractivity contribution >= 4 is 28.9 Å². The van der Waals surface area contributed by atoms with Crippen LogP contribution in [0.25, 0.3) is 16.9 Å². The minimum atomic E-state index is -0.471. The molecule has 0 aliphatic heterocycles. The van der Waals surface area contributed by atoms with Crippen LogP contribution in [0.2, 0.25) is 0 Å². The molecule has 4 rings (SSSR count). The van der Waals surface area contributed by atoms with Gasteiger partial charge in [0.05, 0.1) is 41.2 Å². The lowest BCUT2D eigenvalue weighted by Gasteiger charge is -2.13. The Labute approximate surface area is 206 Å². The van der Waals surface area contributed by atoms with Gasteiger partial charge in [-0.05, 0) is 36.4 Å². The highest BCUT2D eigenvalue weighted by Gasteiger charge is 2.18. The zero-order valence-corrected chi connectivity index (χ0v) is 19.6. The molecule has 1 aromatic heterocycles. The molecule has 182 valence electrons. The van der Waals surface area contributed by atoms with Crippen molar-refractivity contribution in [1.29, 1.82) is 0 Å². The van der Waals surface area contributed by atoms with Gasteiger partial charge in [-0.3, -0.25) is 19.7 Å². The van der Waals surface area contributed by atoms with Gasteiger partial charge in [0.15, 0.2) is 0 Å². The van der Waals surface area contributed by atoms with Crippen molar-refractivity contribution in [3.8, 4) is 22.7 Å². The van der Waals surface area contributed by atoms with E-state index in [0.29, 0.717) is 33.9 Å². The van der Waals surface area contributed by atoms with Gasteiger partial charge in [0.2, 0.25) is 11.8 Å². The summed E-state index contributed by atoms with van der Waals surface area (Å²) in [6, 6.07) is 20.4. The highest BCUT2D eigenvalue weighted by molar-refractivity contribution is 6.00. The van der Waals surface area contributed by atoms with Gasteiger partial charge < -0.3 is 15.4 Å². The molecule has 2 N–H and O–H groups in total. The fourth-order valence-corrected chi connectivity index (χ4v) is 3.66. The Kier molecular flexibility index (Phi) is 7.05. The predicted octanol–water partition coefficient (Wildman–Crippen LogP) is 4.60. The topological polar surface area (TPSA) is 128 Å². The summed E-state index contributed by atoms with van der Waals surface area (Å²) in [4.78, 5) is 35.3. The van der Waals surface area contributed by atoms with Crippen LogP contribution in [0.1, 0.15) is 12.5 Å². The number of nitro groups is 1. The molecule has 36 heavy (non-hydrogen) atoms. The van der Waals surface area contributed by atoms with Crippen LogP contribution in [-0.2, 0) is 16.0 Å². The van der Waals surface area contributed by atoms with Gasteiger partial charge in [0.25, 0.3) is 5.69 Å². The largest absolute Gasteiger partial charge is 0.497 e. The van der Waals surface area contributed by atoms with Crippen LogP contribution in [0.5, 0.6) is 5.75 Å². The van der Waals surface area contributed by atoms with E-state index in [2.05, 4.69) is 15.7 Å². The van der Waals surface area contributed by atoms with E-state index in [1.165, 1.54) is 26.2 Å². The molecule has 1 heterocycles. The molecular formula is C26H23N5O5. The van der Waals surface area contributed by atoms with E-state index < -0.39 is 4.92 Å². The standard InChI is InChI=1S/C26H23N5O5/c1-17(32)27-23-13-12-22(36-2)15-24(23)28-25(33)14-19-16-30(20-6-4-3-5-7-20)29-26(19)18-8-10-21(11-9-18)31(34)35/h3-13,15-16H,14H2,1-2H3,(H,27,32)(H,28,33). The number of para-hydroxylation sites is 1. The summed E-state index contributed by atoms with van der Waals surface area (Å²) in [6.45, 7) is 1.38. The van der Waals surface area contributed by atoms with Crippen molar-refractivity contribution in [2.75, 3.05) is 17.7 Å². The summed E-state index contributed by atoms with van der Waals surface area (Å²) in [7, 11) is 1.51. The molecule has 0 unspecified atom stereocenters. The number of non-ortho nitro benzene ring substituents is 1. The van der Waals surface area contributed by atoms with E-state index in [1.807, 2.05) is 30.3 Å². The van der Waals surface area contributed by atoms with Crippen molar-refractivity contribution in [2.24, 2.45) is 0 Å². The maximum absolute atomic E-state index is 13.1. The molecule has 0 spiro atoms. The van der Waals surface area contributed by atoms with Crippen molar-refractivity contribution < 1.29 is 19.2 Å². The lowest BCUT2D eigenvalue weighted by atomic mass is 10.1. The number of carbonyl (C=O) groups excluding carboxylic acids is 2. The monoisotopic (exact) mass is 485 g/mol. The van der Waals surface area contributed by atoms with Gasteiger partial charge in [0.1, 0.15) is 5.75 Å². The van der Waals surface area contributed by atoms with Crippen molar-refractivity contribution in [2.45, 2.75) is 13.3 Å². The number of nitrogens with zero attached hydrogens (tertiary/aromatic N) is 3. The van der Waals surface area contributed by atoms with Gasteiger partial charge in [-0.25, -0.2) is 4.68 Å². The summed E-state index contributed by atoms with van der Waals surface area (Å²) >= 11 is 0. The maximum atomic E-state index is 13.1. The number of hydrogen-bond acceptors (Lipinski definition) is 6. The number of rotatable bonds is 8. The quantitative estimate of drug-likeness (QED) is 0.277. The molecule has 0 aliphatic carbocycles. The zero-order valence-electron chi connectivity index (χ0n) is 19.6. The number of benzene rings is 3. The average molecular weight is 486 g/mol. The van der Waals surface area contributed by atoms with Gasteiger partial charge >= 0.3 is 0 Å². The van der Waals surface area contributed by atoms with Crippen molar-refractivity contribution in [3.05, 3.63) is 94.7 Å². The van der Waals surface area contributed by atoms with Gasteiger partial charge in [-0.1, -0.05) is 18.2 Å². The molecule has 4 aromatic rings. The Morgan fingerprint density at radius 1 is 1.00 bits per heavy atom. The van der Waals surface area contributed by atoms with E-state index in [-0.39, 0.29) is 23.9 Å². The van der Waals surface area contributed by atoms with Crippen LogP contribution < -0.4 is 15.4 Å². The molecule has 0 saturated heterocycles. The number of aromatic nitrogens is 2. The molecule has 2 amide bonds. The molecule has 0 saturated carbocycles. The molecule has 0 bridgehead atoms. The summed E-state index contributed by atoms with van der Waals surface area (Å²) in [5.41, 5.74) is 3.37. The number of amides is 2. The van der Waals surface area contributed by atoms with Crippen molar-refractivity contribution in [3.63, 3.8) is 0 Å². The first-order chi connectivity index (χ1) is 17.3. The second-order valence-corrected chi connectivity index (χ2v) is 7.90. The van der Waals surface area contributed by atoms with Gasteiger partial charge in [-0.15, -0.1) is 0 Å². The minimum absolute atomic E-state index is 0.0319. The Bertz CT molecular complexity index is 1410. The maximum Gasteiger partial charge on any atom is 0.269 e. The first kappa shape index (κ1) is 24.1. The Morgan fingerprint density at radius 2 is 1.72 bits per heavy atom. The lowest BCUT2D eigenvalue weighted by molar-refractivity contribution is -0.384. The predicted molar refractivity (Wildman–Crippen MR) is 135 cm³/mol. The van der Waals surface area contributed by atoms with Crippen LogP contribution in [0.4, 0.5) is 17.1 Å². The average Bonchev–Trinajstić information content (AvgIpc) is 3.29. The summed E-state index contributed by atoms with van der Waals surface area (Å²) in [5, 5.41) is 21.2. The van der Waals surface area contributed by atoms with Crippen LogP contribution >= 0.6 is 0 Å². The van der Waals surface area contributed by atoms with E-state index in [9.17, 15) is 19.7 Å². The number of nitro benzene ring substituents is 1. The number of ether oxygens (including phenoxy) is 1. The molecule has 0 atom stereocenters. The van der Waals surface area contributed by atoms with Gasteiger partial charge in [0, 0.05) is 42.4 Å². The zero-order chi connectivity index (χ0) is 25.7. The first-order valence-corrected chi connectivity index (χ1v) is 11.0. The Hall–Kier alpha value is -4.99. The minimum Gasteiger partial charge on any atom is -0.497 e. The third-order valence-electron chi connectivity index (χ3n) is 5.32. The second kappa shape index (κ2) is 10.5. The number of carbonyl (C=O) groups is 2. The molecular weight excluding hydrogens is 462 g/mol. The normalized spacial score (nSPS) is 10.5. The smallest absolute Gasteiger partial charge is 0.269 e. The third-order valence-corrected chi connectivity index (χ3v) is 5.32. The van der Waals surface area contributed by atoms with Crippen LogP contribution in [0, 0.1) is 10.1 Å². The summed E-state index contributed by atoms with van der Waals surface area (Å²) in [5.74, 6) is -0.103. The molecule has 3 aromatic carbocycles. The summed E-state index contributed by atoms with van der Waals surface area (Å²) < 4.78 is 6.91. The number of nitrogens with one attached hydrogen (secondary N) is 2. The van der Waals surface area contributed by atoms with Crippen LogP contribution in [0.15, 0.2) is 79.0 Å². The Morgan fingerprint density at radius 3 is 2.36 bits per heavy atom. The summed E-state index contributed by atoms with van der Waals surface area (Å²) in [6.07, 6.45) is 1.72. The van der Waals surface area contributed by atoms with Crippen LogP contribution in [-0.4, -0.2) is 33.6 Å². The van der Waals surface area contributed by atoms with E-state index in [4.69, 9.17) is 4.74 Å². The number of hydrogen-bond donors (Lipinski definition) is 2. The fraction of sp³-hybridized carbons (Fsp3) is 0.115. The molecule has 0 radical (unpaired) electrons. The first-order valence-electron chi connectivity index (χ1n) is 11.0. The van der Waals surface area contributed by atoms with Gasteiger partial charge in [-0.2, -0.15) is 5.10 Å². The van der Waals surface area contributed by atoms with E-state index in [1.54, 1.807) is 41.2 Å². The lowest BCUT2D eigenvalue weighted by Crippen LogP contribution is -2.17. The SMILES string of the molecule is COc1ccc(NC(C)=O)c(NC(=O)Cc2cn(-c3ccccc3)nc2-c2ccc([N+](=O)[O-])cc2)c1. The molecule has 10 heteroatoms. The van der Waals surface area contributed by atoms with Crippen LogP contribution in [0.3, 0.4) is 0 Å². The molecule has 0 fully saturated rings. The third kappa shape index (κ3) is 5.55. The highest BCUT2D eigenvalue weighted by atomic mass is 16.6. The molecule has 0 aliphatic rings. The molecule has 10 nitrogen and oxygen atoms in total. The number of anilines is 2. The Balaban J connectivity index is 1.67. The van der Waals surface area contributed by atoms with E-state index in [0.717, 1.165) is 5.69 Å². The second-order valence-electron chi connectivity index (χ2n) is 7.90. The highest BCUT2D eigenvalue weighted by Crippen LogP contribution is 2.29. The van der Waals surface area contributed by atoms with E-state index >= 15 is 0 Å². The van der Waals surface area contributed by atoms with Crippen molar-refractivity contribution in [1.82, 2.24) is 9.78 Å². The number of methoxy groups -OCH3 is 1.